The van der Waals surface area contributed by atoms with Crippen LogP contribution in [0.5, 0.6) is 5.75 Å². The first-order valence-corrected chi connectivity index (χ1v) is 7.25. The fourth-order valence-electron chi connectivity index (χ4n) is 2.27. The lowest BCUT2D eigenvalue weighted by Gasteiger charge is -2.15. The highest BCUT2D eigenvalue weighted by molar-refractivity contribution is 5.94. The fourth-order valence-corrected chi connectivity index (χ4v) is 2.27. The van der Waals surface area contributed by atoms with Gasteiger partial charge in [0.1, 0.15) is 11.5 Å². The van der Waals surface area contributed by atoms with Gasteiger partial charge in [0.05, 0.1) is 18.4 Å². The molecule has 1 N–H and O–H groups in total. The molecule has 0 fully saturated rings. The molecule has 1 aromatic carbocycles. The van der Waals surface area contributed by atoms with Crippen LogP contribution in [-0.4, -0.2) is 37.7 Å². The standard InChI is InChI=1S/C17H15FN4O2/c1-21(10-12-6-4-5-9-19-12)17(24)16-15(23)11-22(20-16)14-8-3-2-7-13(14)18/h2-9,11,23H,10H2,1H3. The van der Waals surface area contributed by atoms with Crippen molar-refractivity contribution in [2.45, 2.75) is 6.54 Å². The van der Waals surface area contributed by atoms with Gasteiger partial charge in [-0.05, 0) is 24.3 Å². The molecule has 6 nitrogen and oxygen atoms in total. The van der Waals surface area contributed by atoms with Crippen LogP contribution in [0.1, 0.15) is 16.2 Å². The number of hydrogen-bond acceptors (Lipinski definition) is 4. The van der Waals surface area contributed by atoms with Gasteiger partial charge in [0.2, 0.25) is 0 Å². The number of benzene rings is 1. The topological polar surface area (TPSA) is 71.2 Å². The molecular formula is C17H15FN4O2. The lowest BCUT2D eigenvalue weighted by Crippen LogP contribution is -2.27. The third kappa shape index (κ3) is 3.10. The smallest absolute Gasteiger partial charge is 0.278 e. The molecule has 0 aliphatic carbocycles. The number of halogens is 1. The quantitative estimate of drug-likeness (QED) is 0.799. The van der Waals surface area contributed by atoms with Gasteiger partial charge in [-0.25, -0.2) is 9.07 Å². The monoisotopic (exact) mass is 326 g/mol. The van der Waals surface area contributed by atoms with Crippen LogP contribution in [0, 0.1) is 5.82 Å². The zero-order valence-corrected chi connectivity index (χ0v) is 12.9. The third-order valence-corrected chi connectivity index (χ3v) is 3.47. The Hall–Kier alpha value is -3.22. The highest BCUT2D eigenvalue weighted by atomic mass is 19.1. The number of aromatic nitrogens is 3. The number of carbonyl (C=O) groups excluding carboxylic acids is 1. The molecule has 3 rings (SSSR count). The van der Waals surface area contributed by atoms with E-state index >= 15 is 0 Å². The molecule has 2 heterocycles. The van der Waals surface area contributed by atoms with Crippen molar-refractivity contribution in [1.82, 2.24) is 19.7 Å². The van der Waals surface area contributed by atoms with Crippen LogP contribution in [-0.2, 0) is 6.54 Å². The second kappa shape index (κ2) is 6.49. The van der Waals surface area contributed by atoms with Gasteiger partial charge in [-0.3, -0.25) is 9.78 Å². The van der Waals surface area contributed by atoms with Crippen molar-refractivity contribution in [1.29, 1.82) is 0 Å². The molecule has 0 unspecified atom stereocenters. The van der Waals surface area contributed by atoms with E-state index in [1.165, 1.54) is 23.2 Å². The molecule has 0 radical (unpaired) electrons. The van der Waals surface area contributed by atoms with Crippen LogP contribution in [0.3, 0.4) is 0 Å². The molecule has 3 aromatic rings. The van der Waals surface area contributed by atoms with E-state index in [2.05, 4.69) is 10.1 Å². The summed E-state index contributed by atoms with van der Waals surface area (Å²) in [5.74, 6) is -1.29. The molecular weight excluding hydrogens is 311 g/mol. The largest absolute Gasteiger partial charge is 0.504 e. The Bertz CT molecular complexity index is 864. The molecule has 0 spiro atoms. The second-order valence-electron chi connectivity index (χ2n) is 5.24. The van der Waals surface area contributed by atoms with Crippen LogP contribution >= 0.6 is 0 Å². The number of aromatic hydroxyl groups is 1. The van der Waals surface area contributed by atoms with Crippen molar-refractivity contribution in [3.05, 3.63) is 72.1 Å². The number of pyridine rings is 1. The fraction of sp³-hybridized carbons (Fsp3) is 0.118. The van der Waals surface area contributed by atoms with Gasteiger partial charge in [-0.1, -0.05) is 18.2 Å². The summed E-state index contributed by atoms with van der Waals surface area (Å²) in [5, 5.41) is 14.0. The van der Waals surface area contributed by atoms with Gasteiger partial charge in [-0.15, -0.1) is 0 Å². The molecule has 24 heavy (non-hydrogen) atoms. The predicted octanol–water partition coefficient (Wildman–Crippen LogP) is 2.38. The number of carbonyl (C=O) groups is 1. The van der Waals surface area contributed by atoms with Crippen molar-refractivity contribution in [2.24, 2.45) is 0 Å². The molecule has 0 atom stereocenters. The predicted molar refractivity (Wildman–Crippen MR) is 85.2 cm³/mol. The highest BCUT2D eigenvalue weighted by Gasteiger charge is 2.21. The summed E-state index contributed by atoms with van der Waals surface area (Å²) in [6, 6.07) is 11.4. The number of rotatable bonds is 4. The number of nitrogens with zero attached hydrogens (tertiary/aromatic N) is 4. The van der Waals surface area contributed by atoms with Crippen molar-refractivity contribution in [3.63, 3.8) is 0 Å². The Kier molecular flexibility index (Phi) is 4.24. The van der Waals surface area contributed by atoms with E-state index in [1.807, 2.05) is 6.07 Å². The van der Waals surface area contributed by atoms with Gasteiger partial charge < -0.3 is 10.0 Å². The van der Waals surface area contributed by atoms with Gasteiger partial charge in [0.25, 0.3) is 5.91 Å². The number of para-hydroxylation sites is 1. The molecule has 0 bridgehead atoms. The summed E-state index contributed by atoms with van der Waals surface area (Å²) in [7, 11) is 1.58. The van der Waals surface area contributed by atoms with E-state index in [4.69, 9.17) is 0 Å². The average Bonchev–Trinajstić information content (AvgIpc) is 2.97. The lowest BCUT2D eigenvalue weighted by atomic mass is 10.3. The first kappa shape index (κ1) is 15.7. The maximum Gasteiger partial charge on any atom is 0.278 e. The summed E-state index contributed by atoms with van der Waals surface area (Å²) in [4.78, 5) is 18.0. The van der Waals surface area contributed by atoms with Crippen molar-refractivity contribution < 1.29 is 14.3 Å². The van der Waals surface area contributed by atoms with Gasteiger partial charge in [-0.2, -0.15) is 5.10 Å². The lowest BCUT2D eigenvalue weighted by molar-refractivity contribution is 0.0774. The molecule has 1 amide bonds. The SMILES string of the molecule is CN(Cc1ccccn1)C(=O)c1nn(-c2ccccc2F)cc1O. The van der Waals surface area contributed by atoms with E-state index in [0.29, 0.717) is 5.69 Å². The molecule has 2 aromatic heterocycles. The Morgan fingerprint density at radius 1 is 1.25 bits per heavy atom. The molecule has 0 aliphatic rings. The van der Waals surface area contributed by atoms with Gasteiger partial charge >= 0.3 is 0 Å². The summed E-state index contributed by atoms with van der Waals surface area (Å²) < 4.78 is 15.0. The van der Waals surface area contributed by atoms with E-state index in [-0.39, 0.29) is 23.7 Å². The minimum absolute atomic E-state index is 0.142. The highest BCUT2D eigenvalue weighted by Crippen LogP contribution is 2.21. The zero-order chi connectivity index (χ0) is 17.1. The van der Waals surface area contributed by atoms with Crippen LogP contribution in [0.15, 0.2) is 54.9 Å². The number of hydrogen-bond donors (Lipinski definition) is 1. The summed E-state index contributed by atoms with van der Waals surface area (Å²) in [6.07, 6.45) is 2.85. The maximum atomic E-state index is 13.8. The Morgan fingerprint density at radius 2 is 2.00 bits per heavy atom. The van der Waals surface area contributed by atoms with Crippen LogP contribution in [0.4, 0.5) is 4.39 Å². The molecule has 0 saturated heterocycles. The Labute approximate surface area is 137 Å². The average molecular weight is 326 g/mol. The molecule has 122 valence electrons. The minimum Gasteiger partial charge on any atom is -0.504 e. The molecule has 0 aliphatic heterocycles. The van der Waals surface area contributed by atoms with Gasteiger partial charge in [0.15, 0.2) is 11.4 Å². The van der Waals surface area contributed by atoms with Crippen LogP contribution < -0.4 is 0 Å². The van der Waals surface area contributed by atoms with Crippen molar-refractivity contribution in [2.75, 3.05) is 7.05 Å². The number of amides is 1. The Morgan fingerprint density at radius 3 is 2.71 bits per heavy atom. The maximum absolute atomic E-state index is 13.8. The first-order valence-electron chi connectivity index (χ1n) is 7.25. The Balaban J connectivity index is 1.84. The van der Waals surface area contributed by atoms with Crippen molar-refractivity contribution in [3.8, 4) is 11.4 Å². The normalized spacial score (nSPS) is 10.6. The summed E-state index contributed by atoms with van der Waals surface area (Å²) in [6.45, 7) is 0.270. The molecule has 0 saturated carbocycles. The van der Waals surface area contributed by atoms with Crippen molar-refractivity contribution >= 4 is 5.91 Å². The minimum atomic E-state index is -0.499. The first-order chi connectivity index (χ1) is 11.6. The van der Waals surface area contributed by atoms with Crippen LogP contribution in [0.2, 0.25) is 0 Å². The van der Waals surface area contributed by atoms with E-state index < -0.39 is 11.7 Å². The second-order valence-corrected chi connectivity index (χ2v) is 5.24. The van der Waals surface area contributed by atoms with Gasteiger partial charge in [0, 0.05) is 13.2 Å². The summed E-state index contributed by atoms with van der Waals surface area (Å²) >= 11 is 0. The molecule has 7 heteroatoms. The van der Waals surface area contributed by atoms with E-state index in [1.54, 1.807) is 37.5 Å². The van der Waals surface area contributed by atoms with Crippen LogP contribution in [0.25, 0.3) is 5.69 Å². The van der Waals surface area contributed by atoms with E-state index in [9.17, 15) is 14.3 Å². The van der Waals surface area contributed by atoms with E-state index in [0.717, 1.165) is 4.68 Å². The third-order valence-electron chi connectivity index (χ3n) is 3.47. The zero-order valence-electron chi connectivity index (χ0n) is 12.9. The summed E-state index contributed by atoms with van der Waals surface area (Å²) in [5.41, 5.74) is 0.720.